The molecule has 0 bridgehead atoms. The Kier molecular flexibility index (Phi) is 3.52. The minimum absolute atomic E-state index is 0.711. The Morgan fingerprint density at radius 1 is 1.30 bits per heavy atom. The van der Waals surface area contributed by atoms with E-state index in [1.54, 1.807) is 11.3 Å². The van der Waals surface area contributed by atoms with E-state index in [-0.39, 0.29) is 0 Å². The number of nitrogens with zero attached hydrogens (tertiary/aromatic N) is 2. The number of aryl methyl sites for hydroxylation is 2. The fourth-order valence-corrected chi connectivity index (χ4v) is 2.71. The molecule has 0 aliphatic carbocycles. The molecule has 0 spiro atoms. The van der Waals surface area contributed by atoms with E-state index in [9.17, 15) is 0 Å². The van der Waals surface area contributed by atoms with Crippen molar-refractivity contribution in [1.82, 2.24) is 10.1 Å². The molecule has 0 fully saturated rings. The van der Waals surface area contributed by atoms with E-state index in [1.165, 1.54) is 0 Å². The number of nitrogens with one attached hydrogen (secondary N) is 1. The summed E-state index contributed by atoms with van der Waals surface area (Å²) in [5.41, 5.74) is 4.25. The molecule has 20 heavy (non-hydrogen) atoms. The lowest BCUT2D eigenvalue weighted by molar-refractivity contribution is 0.392. The third kappa shape index (κ3) is 2.58. The van der Waals surface area contributed by atoms with Crippen LogP contribution in [0.2, 0.25) is 0 Å². The SMILES string of the molecule is Cc1noc(C)c1CNc1cccc(-c2nccs2)c1. The van der Waals surface area contributed by atoms with Gasteiger partial charge in [0.1, 0.15) is 10.8 Å². The van der Waals surface area contributed by atoms with Crippen molar-refractivity contribution in [3.63, 3.8) is 0 Å². The van der Waals surface area contributed by atoms with Crippen molar-refractivity contribution in [2.24, 2.45) is 0 Å². The minimum Gasteiger partial charge on any atom is -0.381 e. The largest absolute Gasteiger partial charge is 0.381 e. The van der Waals surface area contributed by atoms with Crippen LogP contribution in [0.25, 0.3) is 10.6 Å². The molecule has 1 N–H and O–H groups in total. The quantitative estimate of drug-likeness (QED) is 0.786. The number of hydrogen-bond acceptors (Lipinski definition) is 5. The van der Waals surface area contributed by atoms with Gasteiger partial charge >= 0.3 is 0 Å². The summed E-state index contributed by atoms with van der Waals surface area (Å²) in [6.07, 6.45) is 1.82. The first-order valence-electron chi connectivity index (χ1n) is 6.39. The van der Waals surface area contributed by atoms with E-state index in [2.05, 4.69) is 33.7 Å². The third-order valence-corrected chi connectivity index (χ3v) is 4.01. The van der Waals surface area contributed by atoms with Crippen molar-refractivity contribution in [3.05, 3.63) is 52.9 Å². The van der Waals surface area contributed by atoms with Crippen molar-refractivity contribution >= 4 is 17.0 Å². The standard InChI is InChI=1S/C15H15N3OS/c1-10-14(11(2)19-18-10)9-17-13-5-3-4-12(8-13)15-16-6-7-20-15/h3-8,17H,9H2,1-2H3. The summed E-state index contributed by atoms with van der Waals surface area (Å²) in [6, 6.07) is 8.26. The molecule has 0 amide bonds. The number of aromatic nitrogens is 2. The van der Waals surface area contributed by atoms with E-state index in [4.69, 9.17) is 4.52 Å². The lowest BCUT2D eigenvalue weighted by Gasteiger charge is -2.07. The highest BCUT2D eigenvalue weighted by Crippen LogP contribution is 2.25. The van der Waals surface area contributed by atoms with Gasteiger partial charge in [0.25, 0.3) is 0 Å². The fourth-order valence-electron chi connectivity index (χ4n) is 2.07. The molecule has 1 aromatic carbocycles. The van der Waals surface area contributed by atoms with Crippen LogP contribution in [0.3, 0.4) is 0 Å². The number of hydrogen-bond donors (Lipinski definition) is 1. The molecule has 0 saturated heterocycles. The van der Waals surface area contributed by atoms with Crippen molar-refractivity contribution in [1.29, 1.82) is 0 Å². The Balaban J connectivity index is 1.77. The van der Waals surface area contributed by atoms with Crippen LogP contribution in [0.5, 0.6) is 0 Å². The smallest absolute Gasteiger partial charge is 0.138 e. The maximum atomic E-state index is 5.17. The lowest BCUT2D eigenvalue weighted by atomic mass is 10.2. The summed E-state index contributed by atoms with van der Waals surface area (Å²) in [6.45, 7) is 4.60. The Hall–Kier alpha value is -2.14. The Morgan fingerprint density at radius 2 is 2.20 bits per heavy atom. The zero-order chi connectivity index (χ0) is 13.9. The molecular weight excluding hydrogens is 270 g/mol. The van der Waals surface area contributed by atoms with Crippen molar-refractivity contribution in [2.45, 2.75) is 20.4 Å². The van der Waals surface area contributed by atoms with Gasteiger partial charge in [-0.15, -0.1) is 11.3 Å². The second kappa shape index (κ2) is 5.46. The maximum Gasteiger partial charge on any atom is 0.138 e. The van der Waals surface area contributed by atoms with Gasteiger partial charge in [-0.2, -0.15) is 0 Å². The average molecular weight is 285 g/mol. The molecule has 2 heterocycles. The van der Waals surface area contributed by atoms with E-state index in [1.807, 2.05) is 31.5 Å². The first-order valence-corrected chi connectivity index (χ1v) is 7.27. The molecule has 3 rings (SSSR count). The normalized spacial score (nSPS) is 10.7. The van der Waals surface area contributed by atoms with Gasteiger partial charge in [0, 0.05) is 34.9 Å². The van der Waals surface area contributed by atoms with Gasteiger partial charge in [-0.1, -0.05) is 17.3 Å². The van der Waals surface area contributed by atoms with Crippen LogP contribution in [-0.4, -0.2) is 10.1 Å². The first-order chi connectivity index (χ1) is 9.74. The summed E-state index contributed by atoms with van der Waals surface area (Å²) >= 11 is 1.64. The number of anilines is 1. The van der Waals surface area contributed by atoms with Gasteiger partial charge in [-0.05, 0) is 26.0 Å². The zero-order valence-corrected chi connectivity index (χ0v) is 12.2. The molecule has 4 nitrogen and oxygen atoms in total. The summed E-state index contributed by atoms with van der Waals surface area (Å²) in [7, 11) is 0. The van der Waals surface area contributed by atoms with Crippen LogP contribution < -0.4 is 5.32 Å². The van der Waals surface area contributed by atoms with Crippen LogP contribution in [0, 0.1) is 13.8 Å². The predicted molar refractivity (Wildman–Crippen MR) is 80.9 cm³/mol. The average Bonchev–Trinajstić information content (AvgIpc) is 3.09. The molecule has 2 aromatic heterocycles. The Bertz CT molecular complexity index is 684. The highest BCUT2D eigenvalue weighted by Gasteiger charge is 2.08. The van der Waals surface area contributed by atoms with Crippen LogP contribution in [0.4, 0.5) is 5.69 Å². The number of rotatable bonds is 4. The zero-order valence-electron chi connectivity index (χ0n) is 11.4. The molecule has 0 atom stereocenters. The van der Waals surface area contributed by atoms with E-state index in [0.717, 1.165) is 33.3 Å². The second-order valence-corrected chi connectivity index (χ2v) is 5.47. The molecule has 5 heteroatoms. The summed E-state index contributed by atoms with van der Waals surface area (Å²) in [4.78, 5) is 4.33. The van der Waals surface area contributed by atoms with Crippen molar-refractivity contribution in [3.8, 4) is 10.6 Å². The van der Waals surface area contributed by atoms with Gasteiger partial charge in [-0.25, -0.2) is 4.98 Å². The number of thiazole rings is 1. The van der Waals surface area contributed by atoms with E-state index in [0.29, 0.717) is 6.54 Å². The summed E-state index contributed by atoms with van der Waals surface area (Å²) in [5, 5.41) is 10.4. The van der Waals surface area contributed by atoms with Crippen LogP contribution in [0.1, 0.15) is 17.0 Å². The molecule has 0 aliphatic heterocycles. The Labute approximate surface area is 121 Å². The number of benzene rings is 1. The van der Waals surface area contributed by atoms with Gasteiger partial charge in [-0.3, -0.25) is 0 Å². The lowest BCUT2D eigenvalue weighted by Crippen LogP contribution is -2.01. The third-order valence-electron chi connectivity index (χ3n) is 3.19. The maximum absolute atomic E-state index is 5.17. The topological polar surface area (TPSA) is 51.0 Å². The molecule has 0 aliphatic rings. The van der Waals surface area contributed by atoms with Crippen LogP contribution in [-0.2, 0) is 6.54 Å². The molecule has 0 saturated carbocycles. The van der Waals surface area contributed by atoms with E-state index >= 15 is 0 Å². The fraction of sp³-hybridized carbons (Fsp3) is 0.200. The van der Waals surface area contributed by atoms with Crippen molar-refractivity contribution in [2.75, 3.05) is 5.32 Å². The predicted octanol–water partition coefficient (Wildman–Crippen LogP) is 4.03. The van der Waals surface area contributed by atoms with Crippen LogP contribution in [0.15, 0.2) is 40.4 Å². The highest BCUT2D eigenvalue weighted by atomic mass is 32.1. The van der Waals surface area contributed by atoms with Gasteiger partial charge < -0.3 is 9.84 Å². The van der Waals surface area contributed by atoms with Gasteiger partial charge in [0.15, 0.2) is 0 Å². The highest BCUT2D eigenvalue weighted by molar-refractivity contribution is 7.13. The van der Waals surface area contributed by atoms with Crippen LogP contribution >= 0.6 is 11.3 Å². The first kappa shape index (κ1) is 12.9. The molecule has 102 valence electrons. The Morgan fingerprint density at radius 3 is 2.90 bits per heavy atom. The summed E-state index contributed by atoms with van der Waals surface area (Å²) < 4.78 is 5.17. The second-order valence-electron chi connectivity index (χ2n) is 4.57. The molecular formula is C15H15N3OS. The summed E-state index contributed by atoms with van der Waals surface area (Å²) in [5.74, 6) is 0.867. The molecule has 3 aromatic rings. The van der Waals surface area contributed by atoms with E-state index < -0.39 is 0 Å². The van der Waals surface area contributed by atoms with Gasteiger partial charge in [0.2, 0.25) is 0 Å². The van der Waals surface area contributed by atoms with Crippen molar-refractivity contribution < 1.29 is 4.52 Å². The molecule has 0 unspecified atom stereocenters. The molecule has 0 radical (unpaired) electrons. The monoisotopic (exact) mass is 285 g/mol. The minimum atomic E-state index is 0.711. The van der Waals surface area contributed by atoms with Gasteiger partial charge in [0.05, 0.1) is 5.69 Å².